The number of amides is 2. The first-order valence-corrected chi connectivity index (χ1v) is 9.56. The molecular weight excluding hydrogens is 414 g/mol. The summed E-state index contributed by atoms with van der Waals surface area (Å²) in [7, 11) is 3.27. The van der Waals surface area contributed by atoms with Crippen molar-refractivity contribution in [2.45, 2.75) is 6.54 Å². The fourth-order valence-corrected chi connectivity index (χ4v) is 3.07. The maximum atomic E-state index is 13.3. The third-order valence-electron chi connectivity index (χ3n) is 4.78. The molecule has 32 heavy (non-hydrogen) atoms. The summed E-state index contributed by atoms with van der Waals surface area (Å²) in [6, 6.07) is 15.8. The first kappa shape index (κ1) is 22.3. The van der Waals surface area contributed by atoms with Crippen molar-refractivity contribution in [3.05, 3.63) is 93.5 Å². The van der Waals surface area contributed by atoms with Crippen LogP contribution in [0.2, 0.25) is 0 Å². The third-order valence-corrected chi connectivity index (χ3v) is 4.78. The van der Waals surface area contributed by atoms with E-state index in [0.29, 0.717) is 16.8 Å². The maximum Gasteiger partial charge on any atom is 0.269 e. The second kappa shape index (κ2) is 9.17. The highest BCUT2D eigenvalue weighted by Crippen LogP contribution is 2.28. The Morgan fingerprint density at radius 1 is 0.906 bits per heavy atom. The Kier molecular flexibility index (Phi) is 6.39. The van der Waals surface area contributed by atoms with Gasteiger partial charge in [-0.15, -0.1) is 0 Å². The number of carbonyl (C=O) groups is 2. The number of hydrogen-bond donors (Lipinski definition) is 2. The average molecular weight is 435 g/mol. The topological polar surface area (TPSA) is 124 Å². The number of nitro benzene ring substituents is 1. The number of non-ortho nitro benzene ring substituents is 1. The number of rotatable bonds is 6. The summed E-state index contributed by atoms with van der Waals surface area (Å²) in [5, 5.41) is 30.6. The second-order valence-electron chi connectivity index (χ2n) is 7.26. The van der Waals surface area contributed by atoms with E-state index in [9.17, 15) is 29.9 Å². The smallest absolute Gasteiger partial charge is 0.269 e. The molecule has 0 radical (unpaired) electrons. The number of nitro groups is 1. The molecule has 0 saturated carbocycles. The molecule has 0 aliphatic rings. The largest absolute Gasteiger partial charge is 0.508 e. The summed E-state index contributed by atoms with van der Waals surface area (Å²) < 4.78 is 0. The lowest BCUT2D eigenvalue weighted by Gasteiger charge is -2.24. The molecule has 0 unspecified atom stereocenters. The second-order valence-corrected chi connectivity index (χ2v) is 7.26. The van der Waals surface area contributed by atoms with Gasteiger partial charge in [-0.2, -0.15) is 0 Å². The van der Waals surface area contributed by atoms with Crippen LogP contribution in [0.4, 0.5) is 11.4 Å². The van der Waals surface area contributed by atoms with Crippen molar-refractivity contribution in [2.75, 3.05) is 19.0 Å². The Morgan fingerprint density at radius 2 is 1.53 bits per heavy atom. The number of anilines is 1. The van der Waals surface area contributed by atoms with E-state index < -0.39 is 10.8 Å². The van der Waals surface area contributed by atoms with Crippen LogP contribution in [0.15, 0.2) is 66.7 Å². The number of hydrogen-bond acceptors (Lipinski definition) is 6. The summed E-state index contributed by atoms with van der Waals surface area (Å²) in [6.07, 6.45) is 0. The van der Waals surface area contributed by atoms with E-state index >= 15 is 0 Å². The van der Waals surface area contributed by atoms with Gasteiger partial charge in [0, 0.05) is 43.5 Å². The minimum Gasteiger partial charge on any atom is -0.508 e. The molecule has 3 rings (SSSR count). The van der Waals surface area contributed by atoms with E-state index in [0.717, 1.165) is 6.07 Å². The van der Waals surface area contributed by atoms with Gasteiger partial charge < -0.3 is 20.0 Å². The van der Waals surface area contributed by atoms with Crippen LogP contribution in [0.5, 0.6) is 11.5 Å². The number of aromatic hydroxyl groups is 2. The van der Waals surface area contributed by atoms with Crippen LogP contribution in [0.1, 0.15) is 26.3 Å². The molecule has 9 nitrogen and oxygen atoms in total. The summed E-state index contributed by atoms with van der Waals surface area (Å²) in [5.74, 6) is -1.32. The SMILES string of the molecule is CN(C)C(=O)c1ccc(N(Cc2ccc([N+](=O)[O-])cc2)C(=O)c2ccc(O)cc2O)cc1. The molecule has 0 spiro atoms. The van der Waals surface area contributed by atoms with Crippen LogP contribution in [0, 0.1) is 10.1 Å². The van der Waals surface area contributed by atoms with Crippen LogP contribution < -0.4 is 4.90 Å². The lowest BCUT2D eigenvalue weighted by atomic mass is 10.1. The van der Waals surface area contributed by atoms with Gasteiger partial charge in [-0.3, -0.25) is 19.7 Å². The highest BCUT2D eigenvalue weighted by Gasteiger charge is 2.22. The molecule has 0 saturated heterocycles. The molecule has 0 heterocycles. The van der Waals surface area contributed by atoms with Crippen LogP contribution in [-0.2, 0) is 6.54 Å². The highest BCUT2D eigenvalue weighted by atomic mass is 16.6. The molecule has 0 atom stereocenters. The van der Waals surface area contributed by atoms with E-state index in [1.165, 1.54) is 34.1 Å². The van der Waals surface area contributed by atoms with E-state index in [-0.39, 0.29) is 35.2 Å². The summed E-state index contributed by atoms with van der Waals surface area (Å²) in [5.41, 5.74) is 1.41. The van der Waals surface area contributed by atoms with Gasteiger partial charge in [-0.05, 0) is 42.0 Å². The van der Waals surface area contributed by atoms with Crippen LogP contribution in [0.25, 0.3) is 0 Å². The van der Waals surface area contributed by atoms with E-state index in [1.54, 1.807) is 50.5 Å². The zero-order valence-electron chi connectivity index (χ0n) is 17.4. The predicted molar refractivity (Wildman–Crippen MR) is 118 cm³/mol. The molecule has 164 valence electrons. The molecule has 2 N–H and O–H groups in total. The average Bonchev–Trinajstić information content (AvgIpc) is 2.77. The van der Waals surface area contributed by atoms with E-state index in [1.807, 2.05) is 0 Å². The van der Waals surface area contributed by atoms with Gasteiger partial charge in [0.1, 0.15) is 11.5 Å². The summed E-state index contributed by atoms with van der Waals surface area (Å²) in [6.45, 7) is 0.0537. The quantitative estimate of drug-likeness (QED) is 0.451. The molecule has 2 amide bonds. The minimum absolute atomic E-state index is 0.0295. The molecular formula is C23H21N3O6. The lowest BCUT2D eigenvalue weighted by molar-refractivity contribution is -0.384. The molecule has 0 aliphatic carbocycles. The Morgan fingerprint density at radius 3 is 2.06 bits per heavy atom. The molecule has 9 heteroatoms. The van der Waals surface area contributed by atoms with E-state index in [2.05, 4.69) is 0 Å². The van der Waals surface area contributed by atoms with Crippen molar-refractivity contribution < 1.29 is 24.7 Å². The Balaban J connectivity index is 1.99. The van der Waals surface area contributed by atoms with Crippen LogP contribution >= 0.6 is 0 Å². The Hall–Kier alpha value is -4.40. The van der Waals surface area contributed by atoms with Crippen molar-refractivity contribution in [1.82, 2.24) is 4.90 Å². The minimum atomic E-state index is -0.549. The molecule has 3 aromatic carbocycles. The molecule has 0 aromatic heterocycles. The van der Waals surface area contributed by atoms with E-state index in [4.69, 9.17) is 0 Å². The number of phenolic OH excluding ortho intramolecular Hbond substituents is 2. The number of benzene rings is 3. The maximum absolute atomic E-state index is 13.3. The van der Waals surface area contributed by atoms with Crippen molar-refractivity contribution >= 4 is 23.2 Å². The molecule has 0 fully saturated rings. The van der Waals surface area contributed by atoms with Crippen molar-refractivity contribution in [3.63, 3.8) is 0 Å². The normalized spacial score (nSPS) is 10.4. The predicted octanol–water partition coefficient (Wildman–Crippen LogP) is 3.55. The Labute approximate surface area is 183 Å². The van der Waals surface area contributed by atoms with Crippen molar-refractivity contribution in [1.29, 1.82) is 0 Å². The van der Waals surface area contributed by atoms with Crippen LogP contribution in [0.3, 0.4) is 0 Å². The lowest BCUT2D eigenvalue weighted by Crippen LogP contribution is -2.30. The van der Waals surface area contributed by atoms with Crippen molar-refractivity contribution in [2.24, 2.45) is 0 Å². The molecule has 0 aliphatic heterocycles. The standard InChI is InChI=1S/C23H21N3O6/c1-24(2)22(29)16-5-9-17(10-6-16)25(14-15-3-7-18(8-4-15)26(31)32)23(30)20-12-11-19(27)13-21(20)28/h3-13,27-28H,14H2,1-2H3. The monoisotopic (exact) mass is 435 g/mol. The summed E-state index contributed by atoms with van der Waals surface area (Å²) >= 11 is 0. The van der Waals surface area contributed by atoms with Gasteiger partial charge in [-0.25, -0.2) is 0 Å². The van der Waals surface area contributed by atoms with Gasteiger partial charge >= 0.3 is 0 Å². The molecule has 0 bridgehead atoms. The van der Waals surface area contributed by atoms with Crippen molar-refractivity contribution in [3.8, 4) is 11.5 Å². The molecule has 3 aromatic rings. The summed E-state index contributed by atoms with van der Waals surface area (Å²) in [4.78, 5) is 38.7. The fourth-order valence-electron chi connectivity index (χ4n) is 3.07. The zero-order valence-corrected chi connectivity index (χ0v) is 17.4. The van der Waals surface area contributed by atoms with Gasteiger partial charge in [-0.1, -0.05) is 12.1 Å². The van der Waals surface area contributed by atoms with Gasteiger partial charge in [0.15, 0.2) is 0 Å². The zero-order chi connectivity index (χ0) is 23.4. The first-order valence-electron chi connectivity index (χ1n) is 9.56. The number of phenols is 2. The number of carbonyl (C=O) groups excluding carboxylic acids is 2. The van der Waals surface area contributed by atoms with Gasteiger partial charge in [0.05, 0.1) is 17.0 Å². The van der Waals surface area contributed by atoms with Crippen LogP contribution in [-0.4, -0.2) is 45.9 Å². The third kappa shape index (κ3) is 4.84. The number of nitrogens with zero attached hydrogens (tertiary/aromatic N) is 3. The van der Waals surface area contributed by atoms with Gasteiger partial charge in [0.2, 0.25) is 0 Å². The van der Waals surface area contributed by atoms with Gasteiger partial charge in [0.25, 0.3) is 17.5 Å². The first-order chi connectivity index (χ1) is 15.2. The fraction of sp³-hybridized carbons (Fsp3) is 0.130. The highest BCUT2D eigenvalue weighted by molar-refractivity contribution is 6.08. The Bertz CT molecular complexity index is 1160.